The van der Waals surface area contributed by atoms with Gasteiger partial charge < -0.3 is 9.84 Å². The van der Waals surface area contributed by atoms with Gasteiger partial charge in [0.05, 0.1) is 6.61 Å². The molecule has 0 aliphatic heterocycles. The number of rotatable bonds is 3. The number of ether oxygens (including phenoxy) is 1. The topological polar surface area (TPSA) is 29.5 Å². The van der Waals surface area contributed by atoms with Gasteiger partial charge in [-0.3, -0.25) is 0 Å². The molecule has 1 rings (SSSR count). The summed E-state index contributed by atoms with van der Waals surface area (Å²) in [4.78, 5) is 0. The molecule has 0 fully saturated rings. The van der Waals surface area contributed by atoms with E-state index in [0.717, 1.165) is 6.07 Å². The van der Waals surface area contributed by atoms with E-state index in [1.54, 1.807) is 0 Å². The Bertz CT molecular complexity index is 289. The van der Waals surface area contributed by atoms with Gasteiger partial charge in [-0.05, 0) is 6.07 Å². The van der Waals surface area contributed by atoms with Gasteiger partial charge in [-0.25, -0.2) is 4.39 Å². The molecule has 0 atom stereocenters. The first-order chi connectivity index (χ1) is 6.15. The van der Waals surface area contributed by atoms with E-state index in [0.29, 0.717) is 0 Å². The fourth-order valence-corrected chi connectivity index (χ4v) is 0.899. The minimum absolute atomic E-state index is 0.000278. The van der Waals surface area contributed by atoms with Crippen molar-refractivity contribution in [3.8, 4) is 5.75 Å². The van der Waals surface area contributed by atoms with Gasteiger partial charge in [-0.2, -0.15) is 8.78 Å². The molecular weight excluding hydrogens is 185 g/mol. The van der Waals surface area contributed by atoms with Crippen LogP contribution in [0.5, 0.6) is 5.75 Å². The molecule has 0 spiro atoms. The molecule has 0 saturated heterocycles. The molecule has 5 heteroatoms. The fraction of sp³-hybridized carbons (Fsp3) is 0.250. The first kappa shape index (κ1) is 9.85. The summed E-state index contributed by atoms with van der Waals surface area (Å²) in [6.45, 7) is -3.64. The molecule has 72 valence electrons. The smallest absolute Gasteiger partial charge is 0.387 e. The molecule has 0 amide bonds. The van der Waals surface area contributed by atoms with Crippen LogP contribution in [0.4, 0.5) is 13.2 Å². The Kier molecular flexibility index (Phi) is 3.13. The van der Waals surface area contributed by atoms with Gasteiger partial charge in [-0.1, -0.05) is 12.1 Å². The third-order valence-corrected chi connectivity index (χ3v) is 1.43. The summed E-state index contributed by atoms with van der Waals surface area (Å²) in [5, 5.41) is 8.66. The molecule has 0 aliphatic carbocycles. The summed E-state index contributed by atoms with van der Waals surface area (Å²) in [6.07, 6.45) is 0. The summed E-state index contributed by atoms with van der Waals surface area (Å²) in [5.74, 6) is -1.51. The van der Waals surface area contributed by atoms with Crippen LogP contribution in [-0.4, -0.2) is 11.7 Å². The van der Waals surface area contributed by atoms with E-state index in [4.69, 9.17) is 5.11 Å². The average Bonchev–Trinajstić information content (AvgIpc) is 2.08. The zero-order valence-electron chi connectivity index (χ0n) is 6.51. The summed E-state index contributed by atoms with van der Waals surface area (Å²) < 4.78 is 40.2. The van der Waals surface area contributed by atoms with E-state index < -0.39 is 24.8 Å². The number of hydrogen-bond acceptors (Lipinski definition) is 2. The zero-order valence-corrected chi connectivity index (χ0v) is 6.51. The Labute approximate surface area is 72.6 Å². The normalized spacial score (nSPS) is 10.5. The molecule has 1 aromatic rings. The lowest BCUT2D eigenvalue weighted by molar-refractivity contribution is -0.0533. The van der Waals surface area contributed by atoms with Gasteiger partial charge in [-0.15, -0.1) is 0 Å². The second-order valence-electron chi connectivity index (χ2n) is 2.26. The highest BCUT2D eigenvalue weighted by molar-refractivity contribution is 5.34. The first-order valence-electron chi connectivity index (χ1n) is 3.48. The molecule has 2 nitrogen and oxygen atoms in total. The number of aliphatic hydroxyl groups excluding tert-OH is 1. The van der Waals surface area contributed by atoms with Gasteiger partial charge in [0.25, 0.3) is 0 Å². The third-order valence-electron chi connectivity index (χ3n) is 1.43. The van der Waals surface area contributed by atoms with Gasteiger partial charge in [0.2, 0.25) is 0 Å². The second-order valence-corrected chi connectivity index (χ2v) is 2.26. The van der Waals surface area contributed by atoms with Crippen molar-refractivity contribution in [3.63, 3.8) is 0 Å². The molecule has 0 heterocycles. The monoisotopic (exact) mass is 192 g/mol. The Morgan fingerprint density at radius 1 is 1.38 bits per heavy atom. The fourth-order valence-electron chi connectivity index (χ4n) is 0.899. The highest BCUT2D eigenvalue weighted by Gasteiger charge is 2.13. The molecule has 0 bridgehead atoms. The van der Waals surface area contributed by atoms with Crippen LogP contribution >= 0.6 is 0 Å². The van der Waals surface area contributed by atoms with Crippen LogP contribution in [0, 0.1) is 5.82 Å². The lowest BCUT2D eigenvalue weighted by atomic mass is 10.2. The molecule has 0 radical (unpaired) electrons. The summed E-state index contributed by atoms with van der Waals surface area (Å²) in [7, 11) is 0. The van der Waals surface area contributed by atoms with Crippen molar-refractivity contribution in [1.29, 1.82) is 0 Å². The van der Waals surface area contributed by atoms with E-state index in [1.165, 1.54) is 12.1 Å². The Morgan fingerprint density at radius 3 is 2.62 bits per heavy atom. The molecule has 1 N–H and O–H groups in total. The van der Waals surface area contributed by atoms with Crippen molar-refractivity contribution in [1.82, 2.24) is 0 Å². The van der Waals surface area contributed by atoms with Crippen LogP contribution in [-0.2, 0) is 6.61 Å². The number of para-hydroxylation sites is 1. The van der Waals surface area contributed by atoms with E-state index in [1.807, 2.05) is 0 Å². The molecule has 1 aromatic carbocycles. The van der Waals surface area contributed by atoms with Gasteiger partial charge >= 0.3 is 6.61 Å². The summed E-state index contributed by atoms with van der Waals surface area (Å²) in [6, 6.07) is 3.59. The van der Waals surface area contributed by atoms with Crippen molar-refractivity contribution in [2.45, 2.75) is 13.2 Å². The number of halogens is 3. The lowest BCUT2D eigenvalue weighted by Crippen LogP contribution is -2.06. The zero-order chi connectivity index (χ0) is 9.84. The molecular formula is C8H7F3O2. The predicted octanol–water partition coefficient (Wildman–Crippen LogP) is 1.92. The standard InChI is InChI=1S/C8H7F3O2/c9-6-3-1-2-5(4-12)7(6)13-8(10)11/h1-3,8,12H,4H2. The van der Waals surface area contributed by atoms with Crippen LogP contribution in [0.25, 0.3) is 0 Å². The number of alkyl halides is 2. The molecule has 0 saturated carbocycles. The van der Waals surface area contributed by atoms with Crippen molar-refractivity contribution < 1.29 is 23.0 Å². The van der Waals surface area contributed by atoms with Crippen molar-refractivity contribution in [2.24, 2.45) is 0 Å². The molecule has 0 aromatic heterocycles. The summed E-state index contributed by atoms with van der Waals surface area (Å²) in [5.41, 5.74) is 0.000278. The van der Waals surface area contributed by atoms with Crippen molar-refractivity contribution in [3.05, 3.63) is 29.6 Å². The Balaban J connectivity index is 3.00. The third kappa shape index (κ3) is 2.35. The van der Waals surface area contributed by atoms with E-state index in [9.17, 15) is 13.2 Å². The van der Waals surface area contributed by atoms with Gasteiger partial charge in [0.1, 0.15) is 0 Å². The molecule has 0 unspecified atom stereocenters. The molecule has 13 heavy (non-hydrogen) atoms. The maximum atomic E-state index is 12.8. The van der Waals surface area contributed by atoms with E-state index in [2.05, 4.69) is 4.74 Å². The van der Waals surface area contributed by atoms with Crippen LogP contribution in [0.3, 0.4) is 0 Å². The maximum Gasteiger partial charge on any atom is 0.387 e. The number of hydrogen-bond donors (Lipinski definition) is 1. The van der Waals surface area contributed by atoms with Crippen molar-refractivity contribution in [2.75, 3.05) is 0 Å². The largest absolute Gasteiger partial charge is 0.431 e. The quantitative estimate of drug-likeness (QED) is 0.792. The Morgan fingerprint density at radius 2 is 2.08 bits per heavy atom. The van der Waals surface area contributed by atoms with Crippen LogP contribution in [0.1, 0.15) is 5.56 Å². The Hall–Kier alpha value is -1.23. The lowest BCUT2D eigenvalue weighted by Gasteiger charge is -2.09. The minimum atomic E-state index is -3.10. The second kappa shape index (κ2) is 4.13. The first-order valence-corrected chi connectivity index (χ1v) is 3.48. The SMILES string of the molecule is OCc1cccc(F)c1OC(F)F. The summed E-state index contributed by atoms with van der Waals surface area (Å²) >= 11 is 0. The van der Waals surface area contributed by atoms with Crippen LogP contribution < -0.4 is 4.74 Å². The minimum Gasteiger partial charge on any atom is -0.431 e. The van der Waals surface area contributed by atoms with Gasteiger partial charge in [0.15, 0.2) is 11.6 Å². The van der Waals surface area contributed by atoms with E-state index >= 15 is 0 Å². The van der Waals surface area contributed by atoms with Gasteiger partial charge in [0, 0.05) is 5.56 Å². The van der Waals surface area contributed by atoms with E-state index in [-0.39, 0.29) is 5.56 Å². The maximum absolute atomic E-state index is 12.8. The highest BCUT2D eigenvalue weighted by Crippen LogP contribution is 2.24. The number of aliphatic hydroxyl groups is 1. The van der Waals surface area contributed by atoms with Crippen LogP contribution in [0.15, 0.2) is 18.2 Å². The van der Waals surface area contributed by atoms with Crippen LogP contribution in [0.2, 0.25) is 0 Å². The molecule has 0 aliphatic rings. The predicted molar refractivity (Wildman–Crippen MR) is 39.0 cm³/mol. The van der Waals surface area contributed by atoms with Crippen molar-refractivity contribution >= 4 is 0 Å². The number of benzene rings is 1. The highest BCUT2D eigenvalue weighted by atomic mass is 19.3. The average molecular weight is 192 g/mol.